The molecule has 0 saturated heterocycles. The molecule has 3 rings (SSSR count). The molecule has 0 aliphatic carbocycles. The Labute approximate surface area is 264 Å². The molecule has 0 bridgehead atoms. The minimum atomic E-state index is -1.22. The fourth-order valence-corrected chi connectivity index (χ4v) is 3.16. The van der Waals surface area contributed by atoms with E-state index in [-0.39, 0.29) is 34.1 Å². The smallest absolute Gasteiger partial charge is 0.545 e. The van der Waals surface area contributed by atoms with Gasteiger partial charge in [-0.05, 0) is 98.7 Å². The molecular formula is C33H39CrO9. The monoisotopic (exact) mass is 631 g/mol. The molecule has 0 saturated carbocycles. The van der Waals surface area contributed by atoms with Crippen LogP contribution in [-0.4, -0.2) is 34.7 Å². The third kappa shape index (κ3) is 15.7. The van der Waals surface area contributed by atoms with E-state index in [0.29, 0.717) is 17.2 Å². The summed E-state index contributed by atoms with van der Waals surface area (Å²) >= 11 is 0. The maximum absolute atomic E-state index is 10.7. The number of aromatic carboxylic acids is 3. The Morgan fingerprint density at radius 1 is 0.442 bits per heavy atom. The topological polar surface area (TPSA) is 148 Å². The van der Waals surface area contributed by atoms with Crippen molar-refractivity contribution in [3.05, 3.63) is 89.5 Å². The Kier molecular flexibility index (Phi) is 15.0. The maximum atomic E-state index is 10.7. The predicted octanol–water partition coefficient (Wildman–Crippen LogP) is 3.68. The summed E-state index contributed by atoms with van der Waals surface area (Å²) in [5, 5.41) is 32.1. The Balaban J connectivity index is 0.000000608. The van der Waals surface area contributed by atoms with Gasteiger partial charge in [0, 0.05) is 16.7 Å². The first-order chi connectivity index (χ1) is 19.2. The zero-order chi connectivity index (χ0) is 32.3. The summed E-state index contributed by atoms with van der Waals surface area (Å²) in [4.78, 5) is 32.1. The van der Waals surface area contributed by atoms with Crippen LogP contribution in [0, 0.1) is 0 Å². The van der Waals surface area contributed by atoms with Crippen molar-refractivity contribution in [2.45, 2.75) is 79.1 Å². The van der Waals surface area contributed by atoms with Crippen molar-refractivity contribution in [3.8, 4) is 17.2 Å². The van der Waals surface area contributed by atoms with Gasteiger partial charge in [0.1, 0.15) is 34.1 Å². The summed E-state index contributed by atoms with van der Waals surface area (Å²) in [6.07, 6.45) is 0. The SMILES string of the molecule is CC(C)(C)Oc1ccccc1C(=O)[O-].CC(C)(C)Oc1ccccc1C(=O)[O-].CC(C)(C)Oc1ccccc1C(=O)[O-].[Cr+3]. The Bertz CT molecular complexity index is 1180. The summed E-state index contributed by atoms with van der Waals surface area (Å²) < 4.78 is 16.4. The van der Waals surface area contributed by atoms with Crippen molar-refractivity contribution in [1.82, 2.24) is 0 Å². The second kappa shape index (κ2) is 16.6. The van der Waals surface area contributed by atoms with Crippen molar-refractivity contribution in [2.75, 3.05) is 0 Å². The van der Waals surface area contributed by atoms with E-state index in [2.05, 4.69) is 0 Å². The molecule has 0 spiro atoms. The van der Waals surface area contributed by atoms with Crippen LogP contribution in [0.5, 0.6) is 17.2 Å². The van der Waals surface area contributed by atoms with Gasteiger partial charge in [0.05, 0.1) is 17.9 Å². The van der Waals surface area contributed by atoms with Gasteiger partial charge in [-0.2, -0.15) is 0 Å². The van der Waals surface area contributed by atoms with Gasteiger partial charge in [-0.15, -0.1) is 0 Å². The van der Waals surface area contributed by atoms with Crippen LogP contribution in [0.1, 0.15) is 93.4 Å². The predicted molar refractivity (Wildman–Crippen MR) is 153 cm³/mol. The first-order valence-corrected chi connectivity index (χ1v) is 13.2. The number of rotatable bonds is 6. The molecule has 1 radical (unpaired) electrons. The molecule has 0 atom stereocenters. The van der Waals surface area contributed by atoms with Gasteiger partial charge < -0.3 is 43.9 Å². The average Bonchev–Trinajstić information content (AvgIpc) is 2.82. The number of carbonyl (C=O) groups is 3. The molecule has 0 amide bonds. The summed E-state index contributed by atoms with van der Waals surface area (Å²) in [7, 11) is 0. The van der Waals surface area contributed by atoms with E-state index < -0.39 is 34.7 Å². The molecule has 3 aromatic rings. The van der Waals surface area contributed by atoms with Crippen LogP contribution in [0.25, 0.3) is 0 Å². The Hall–Kier alpha value is -4.00. The third-order valence-corrected chi connectivity index (χ3v) is 4.57. The Morgan fingerprint density at radius 2 is 0.628 bits per heavy atom. The van der Waals surface area contributed by atoms with Crippen LogP contribution >= 0.6 is 0 Å². The van der Waals surface area contributed by atoms with Crippen LogP contribution < -0.4 is 29.5 Å². The number of benzene rings is 3. The number of carboxylic acids is 3. The normalized spacial score (nSPS) is 10.8. The number of carbonyl (C=O) groups excluding carboxylic acids is 3. The molecule has 0 aliphatic rings. The fourth-order valence-electron chi connectivity index (χ4n) is 3.16. The van der Waals surface area contributed by atoms with Gasteiger partial charge >= 0.3 is 17.4 Å². The first-order valence-electron chi connectivity index (χ1n) is 13.2. The third-order valence-electron chi connectivity index (χ3n) is 4.57. The molecule has 0 unspecified atom stereocenters. The van der Waals surface area contributed by atoms with Gasteiger partial charge in [0.15, 0.2) is 0 Å². The minimum absolute atomic E-state index is 0. The maximum Gasteiger partial charge on any atom is 3.00 e. The summed E-state index contributed by atoms with van der Waals surface area (Å²) in [5.41, 5.74) is -0.977. The van der Waals surface area contributed by atoms with Gasteiger partial charge in [-0.1, -0.05) is 36.4 Å². The van der Waals surface area contributed by atoms with Crippen LogP contribution in [0.15, 0.2) is 72.8 Å². The molecule has 0 fully saturated rings. The minimum Gasteiger partial charge on any atom is -0.545 e. The largest absolute Gasteiger partial charge is 3.00 e. The van der Waals surface area contributed by atoms with E-state index in [1.807, 2.05) is 62.3 Å². The van der Waals surface area contributed by atoms with Crippen LogP contribution in [0.2, 0.25) is 0 Å². The number of hydrogen-bond acceptors (Lipinski definition) is 9. The van der Waals surface area contributed by atoms with Gasteiger partial charge in [0.25, 0.3) is 0 Å². The molecule has 10 heteroatoms. The number of ether oxygens (including phenoxy) is 3. The van der Waals surface area contributed by atoms with Crippen molar-refractivity contribution in [3.63, 3.8) is 0 Å². The fraction of sp³-hybridized carbons (Fsp3) is 0.364. The zero-order valence-electron chi connectivity index (χ0n) is 26.0. The summed E-state index contributed by atoms with van der Waals surface area (Å²) in [6.45, 7) is 16.7. The second-order valence-corrected chi connectivity index (χ2v) is 12.0. The van der Waals surface area contributed by atoms with E-state index in [4.69, 9.17) is 14.2 Å². The van der Waals surface area contributed by atoms with Crippen molar-refractivity contribution >= 4 is 17.9 Å². The van der Waals surface area contributed by atoms with Gasteiger partial charge in [0.2, 0.25) is 0 Å². The van der Waals surface area contributed by atoms with Crippen molar-refractivity contribution < 1.29 is 61.3 Å². The van der Waals surface area contributed by atoms with E-state index in [1.54, 1.807) is 54.6 Å². The molecule has 9 nitrogen and oxygen atoms in total. The number of carboxylic acid groups (broad SMARTS) is 3. The number of para-hydroxylation sites is 3. The average molecular weight is 632 g/mol. The molecule has 43 heavy (non-hydrogen) atoms. The standard InChI is InChI=1S/3C11H14O3.Cr/c3*1-11(2,3)14-9-7-5-4-6-8(9)10(12)13;/h3*4-7H,1-3H3,(H,12,13);/q;;;+3/p-3. The molecule has 3 aromatic carbocycles. The van der Waals surface area contributed by atoms with Gasteiger partial charge in [-0.25, -0.2) is 0 Å². The summed E-state index contributed by atoms with van der Waals surface area (Å²) in [6, 6.07) is 19.4. The molecule has 231 valence electrons. The zero-order valence-corrected chi connectivity index (χ0v) is 27.3. The molecule has 0 aromatic heterocycles. The molecule has 0 N–H and O–H groups in total. The molecule has 0 aliphatic heterocycles. The first kappa shape index (κ1) is 39.0. The summed E-state index contributed by atoms with van der Waals surface area (Å²) in [5.74, 6) is -2.61. The van der Waals surface area contributed by atoms with E-state index in [0.717, 1.165) is 0 Å². The van der Waals surface area contributed by atoms with E-state index >= 15 is 0 Å². The quantitative estimate of drug-likeness (QED) is 0.397. The second-order valence-electron chi connectivity index (χ2n) is 12.0. The Morgan fingerprint density at radius 3 is 0.791 bits per heavy atom. The molecular weight excluding hydrogens is 592 g/mol. The van der Waals surface area contributed by atoms with Crippen LogP contribution in [0.3, 0.4) is 0 Å². The van der Waals surface area contributed by atoms with E-state index in [9.17, 15) is 29.7 Å². The van der Waals surface area contributed by atoms with Gasteiger partial charge in [-0.3, -0.25) is 0 Å². The van der Waals surface area contributed by atoms with Crippen LogP contribution in [-0.2, 0) is 17.4 Å². The van der Waals surface area contributed by atoms with Crippen molar-refractivity contribution in [2.24, 2.45) is 0 Å². The van der Waals surface area contributed by atoms with Crippen molar-refractivity contribution in [1.29, 1.82) is 0 Å². The molecule has 0 heterocycles. The van der Waals surface area contributed by atoms with E-state index in [1.165, 1.54) is 18.2 Å². The number of hydrogen-bond donors (Lipinski definition) is 0. The van der Waals surface area contributed by atoms with Crippen LogP contribution in [0.4, 0.5) is 0 Å².